The molecule has 2 heteroatoms. The topological polar surface area (TPSA) is 24.9 Å². The summed E-state index contributed by atoms with van der Waals surface area (Å²) < 4.78 is 0. The molecule has 1 fully saturated rings. The maximum absolute atomic E-state index is 4.41. The van der Waals surface area contributed by atoms with E-state index in [1.54, 1.807) is 0 Å². The van der Waals surface area contributed by atoms with E-state index in [-0.39, 0.29) is 0 Å². The molecular formula is C14H22N2. The Bertz CT molecular complexity index is 338. The van der Waals surface area contributed by atoms with Gasteiger partial charge in [-0.05, 0) is 49.7 Å². The summed E-state index contributed by atoms with van der Waals surface area (Å²) in [6.45, 7) is 6.83. The zero-order valence-electron chi connectivity index (χ0n) is 10.5. The van der Waals surface area contributed by atoms with Gasteiger partial charge in [-0.3, -0.25) is 0 Å². The van der Waals surface area contributed by atoms with E-state index in [2.05, 4.69) is 37.1 Å². The summed E-state index contributed by atoms with van der Waals surface area (Å²) in [6, 6.07) is 4.71. The minimum atomic E-state index is 0.604. The minimum absolute atomic E-state index is 0.604. The number of aryl methyl sites for hydroxylation is 1. The van der Waals surface area contributed by atoms with Crippen molar-refractivity contribution in [1.29, 1.82) is 0 Å². The highest BCUT2D eigenvalue weighted by molar-refractivity contribution is 5.43. The van der Waals surface area contributed by atoms with Crippen LogP contribution in [-0.4, -0.2) is 11.0 Å². The van der Waals surface area contributed by atoms with E-state index in [0.717, 1.165) is 17.7 Å². The molecule has 1 aliphatic carbocycles. The van der Waals surface area contributed by atoms with Crippen molar-refractivity contribution in [2.75, 3.05) is 5.32 Å². The van der Waals surface area contributed by atoms with E-state index in [9.17, 15) is 0 Å². The van der Waals surface area contributed by atoms with E-state index in [4.69, 9.17) is 0 Å². The summed E-state index contributed by atoms with van der Waals surface area (Å²) in [5.74, 6) is 2.74. The van der Waals surface area contributed by atoms with Crippen LogP contribution in [0.2, 0.25) is 0 Å². The molecule has 0 bridgehead atoms. The molecule has 1 aromatic rings. The lowest BCUT2D eigenvalue weighted by Gasteiger charge is -2.32. The molecule has 1 aromatic heterocycles. The van der Waals surface area contributed by atoms with Crippen molar-refractivity contribution in [1.82, 2.24) is 4.98 Å². The van der Waals surface area contributed by atoms with E-state index < -0.39 is 0 Å². The van der Waals surface area contributed by atoms with Crippen molar-refractivity contribution in [2.24, 2.45) is 11.8 Å². The van der Waals surface area contributed by atoms with Gasteiger partial charge in [0.1, 0.15) is 5.82 Å². The van der Waals surface area contributed by atoms with E-state index in [1.165, 1.54) is 24.8 Å². The van der Waals surface area contributed by atoms with Crippen LogP contribution in [0.5, 0.6) is 0 Å². The summed E-state index contributed by atoms with van der Waals surface area (Å²) in [5, 5.41) is 3.60. The maximum Gasteiger partial charge on any atom is 0.129 e. The van der Waals surface area contributed by atoms with Gasteiger partial charge in [0.25, 0.3) is 0 Å². The second kappa shape index (κ2) is 4.86. The SMILES string of the molecule is Cc1cccnc1NC1CC(C)CC(C)C1. The molecule has 0 amide bonds. The lowest BCUT2D eigenvalue weighted by molar-refractivity contribution is 0.280. The Balaban J connectivity index is 2.02. The molecule has 2 rings (SSSR count). The van der Waals surface area contributed by atoms with Crippen LogP contribution in [0.3, 0.4) is 0 Å². The summed E-state index contributed by atoms with van der Waals surface area (Å²) in [4.78, 5) is 4.41. The first kappa shape index (κ1) is 11.4. The fourth-order valence-electron chi connectivity index (χ4n) is 2.89. The van der Waals surface area contributed by atoms with Crippen molar-refractivity contribution < 1.29 is 0 Å². The molecule has 1 saturated carbocycles. The molecule has 0 aliphatic heterocycles. The number of pyridine rings is 1. The fraction of sp³-hybridized carbons (Fsp3) is 0.643. The van der Waals surface area contributed by atoms with Gasteiger partial charge in [0.2, 0.25) is 0 Å². The van der Waals surface area contributed by atoms with Gasteiger partial charge >= 0.3 is 0 Å². The Labute approximate surface area is 98.5 Å². The first-order valence-corrected chi connectivity index (χ1v) is 6.33. The molecule has 16 heavy (non-hydrogen) atoms. The highest BCUT2D eigenvalue weighted by Crippen LogP contribution is 2.30. The Morgan fingerprint density at radius 2 is 1.88 bits per heavy atom. The van der Waals surface area contributed by atoms with Crippen LogP contribution in [0, 0.1) is 18.8 Å². The molecule has 2 atom stereocenters. The van der Waals surface area contributed by atoms with Crippen LogP contribution < -0.4 is 5.32 Å². The molecule has 0 radical (unpaired) electrons. The van der Waals surface area contributed by atoms with Gasteiger partial charge in [-0.1, -0.05) is 19.9 Å². The van der Waals surface area contributed by atoms with Gasteiger partial charge in [-0.25, -0.2) is 4.98 Å². The van der Waals surface area contributed by atoms with Crippen molar-refractivity contribution in [3.8, 4) is 0 Å². The minimum Gasteiger partial charge on any atom is -0.367 e. The Morgan fingerprint density at radius 1 is 1.19 bits per heavy atom. The summed E-state index contributed by atoms with van der Waals surface area (Å²) in [6.07, 6.45) is 5.80. The van der Waals surface area contributed by atoms with Crippen LogP contribution >= 0.6 is 0 Å². The predicted octanol–water partition coefficient (Wildman–Crippen LogP) is 3.63. The number of rotatable bonds is 2. The average molecular weight is 218 g/mol. The van der Waals surface area contributed by atoms with Crippen LogP contribution in [0.15, 0.2) is 18.3 Å². The van der Waals surface area contributed by atoms with Crippen molar-refractivity contribution in [3.05, 3.63) is 23.9 Å². The second-order valence-corrected chi connectivity index (χ2v) is 5.43. The molecule has 2 unspecified atom stereocenters. The van der Waals surface area contributed by atoms with Crippen LogP contribution in [-0.2, 0) is 0 Å². The molecule has 88 valence electrons. The van der Waals surface area contributed by atoms with Gasteiger partial charge in [0.15, 0.2) is 0 Å². The molecule has 1 N–H and O–H groups in total. The zero-order valence-corrected chi connectivity index (χ0v) is 10.5. The second-order valence-electron chi connectivity index (χ2n) is 5.43. The Hall–Kier alpha value is -1.05. The van der Waals surface area contributed by atoms with E-state index in [0.29, 0.717) is 6.04 Å². The molecule has 0 saturated heterocycles. The van der Waals surface area contributed by atoms with E-state index in [1.807, 2.05) is 12.3 Å². The van der Waals surface area contributed by atoms with Gasteiger partial charge in [-0.2, -0.15) is 0 Å². The third kappa shape index (κ3) is 2.75. The normalized spacial score (nSPS) is 30.1. The summed E-state index contributed by atoms with van der Waals surface area (Å²) in [7, 11) is 0. The smallest absolute Gasteiger partial charge is 0.129 e. The van der Waals surface area contributed by atoms with Gasteiger partial charge in [0, 0.05) is 12.2 Å². The van der Waals surface area contributed by atoms with Crippen LogP contribution in [0.1, 0.15) is 38.7 Å². The fourth-order valence-corrected chi connectivity index (χ4v) is 2.89. The van der Waals surface area contributed by atoms with Crippen molar-refractivity contribution >= 4 is 5.82 Å². The van der Waals surface area contributed by atoms with Crippen LogP contribution in [0.4, 0.5) is 5.82 Å². The Kier molecular flexibility index (Phi) is 3.47. The molecular weight excluding hydrogens is 196 g/mol. The largest absolute Gasteiger partial charge is 0.367 e. The first-order valence-electron chi connectivity index (χ1n) is 6.33. The molecule has 1 aliphatic rings. The number of nitrogens with zero attached hydrogens (tertiary/aromatic N) is 1. The summed E-state index contributed by atoms with van der Waals surface area (Å²) in [5.41, 5.74) is 1.24. The highest BCUT2D eigenvalue weighted by Gasteiger charge is 2.24. The highest BCUT2D eigenvalue weighted by atomic mass is 15.0. The molecule has 0 spiro atoms. The van der Waals surface area contributed by atoms with Gasteiger partial charge in [0.05, 0.1) is 0 Å². The lowest BCUT2D eigenvalue weighted by Crippen LogP contribution is -2.30. The van der Waals surface area contributed by atoms with Crippen molar-refractivity contribution in [2.45, 2.75) is 46.1 Å². The third-order valence-electron chi connectivity index (χ3n) is 3.53. The van der Waals surface area contributed by atoms with Crippen molar-refractivity contribution in [3.63, 3.8) is 0 Å². The number of anilines is 1. The van der Waals surface area contributed by atoms with E-state index >= 15 is 0 Å². The maximum atomic E-state index is 4.41. The zero-order chi connectivity index (χ0) is 11.5. The van der Waals surface area contributed by atoms with Crippen LogP contribution in [0.25, 0.3) is 0 Å². The quantitative estimate of drug-likeness (QED) is 0.820. The Morgan fingerprint density at radius 3 is 2.50 bits per heavy atom. The monoisotopic (exact) mass is 218 g/mol. The van der Waals surface area contributed by atoms with Gasteiger partial charge < -0.3 is 5.32 Å². The molecule has 2 nitrogen and oxygen atoms in total. The number of hydrogen-bond donors (Lipinski definition) is 1. The number of hydrogen-bond acceptors (Lipinski definition) is 2. The average Bonchev–Trinajstić information content (AvgIpc) is 2.20. The molecule has 1 heterocycles. The third-order valence-corrected chi connectivity index (χ3v) is 3.53. The number of nitrogens with one attached hydrogen (secondary N) is 1. The lowest BCUT2D eigenvalue weighted by atomic mass is 9.80. The standard InChI is InChI=1S/C14H22N2/c1-10-7-11(2)9-13(8-10)16-14-12(3)5-4-6-15-14/h4-6,10-11,13H,7-9H2,1-3H3,(H,15,16). The predicted molar refractivity (Wildman–Crippen MR) is 68.6 cm³/mol. The van der Waals surface area contributed by atoms with Gasteiger partial charge in [-0.15, -0.1) is 0 Å². The first-order chi connectivity index (χ1) is 7.65. The molecule has 0 aromatic carbocycles. The summed E-state index contributed by atoms with van der Waals surface area (Å²) >= 11 is 0. The number of aromatic nitrogens is 1.